The molecular formula is C32H28N2O6. The van der Waals surface area contributed by atoms with Gasteiger partial charge in [-0.3, -0.25) is 14.6 Å². The Morgan fingerprint density at radius 3 is 2.35 bits per heavy atom. The van der Waals surface area contributed by atoms with Crippen LogP contribution in [-0.2, 0) is 22.7 Å². The molecule has 1 aliphatic rings. The van der Waals surface area contributed by atoms with E-state index in [4.69, 9.17) is 14.2 Å². The van der Waals surface area contributed by atoms with Crippen LogP contribution in [0.2, 0.25) is 0 Å². The Bertz CT molecular complexity index is 1550. The summed E-state index contributed by atoms with van der Waals surface area (Å²) >= 11 is 0. The lowest BCUT2D eigenvalue weighted by atomic mass is 9.94. The highest BCUT2D eigenvalue weighted by atomic mass is 16.5. The van der Waals surface area contributed by atoms with Crippen LogP contribution in [0.4, 0.5) is 0 Å². The zero-order valence-electron chi connectivity index (χ0n) is 22.1. The Morgan fingerprint density at radius 2 is 1.62 bits per heavy atom. The molecule has 0 radical (unpaired) electrons. The molecule has 1 amide bonds. The van der Waals surface area contributed by atoms with Crippen LogP contribution in [0.5, 0.6) is 17.2 Å². The summed E-state index contributed by atoms with van der Waals surface area (Å²) in [7, 11) is 3.04. The first kappa shape index (κ1) is 26.5. The van der Waals surface area contributed by atoms with Crippen LogP contribution in [0.25, 0.3) is 5.76 Å². The molecule has 8 nitrogen and oxygen atoms in total. The highest BCUT2D eigenvalue weighted by Crippen LogP contribution is 2.43. The van der Waals surface area contributed by atoms with E-state index in [0.717, 1.165) is 11.1 Å². The average Bonchev–Trinajstić information content (AvgIpc) is 3.25. The van der Waals surface area contributed by atoms with Gasteiger partial charge in [0.2, 0.25) is 0 Å². The Hall–Kier alpha value is -5.11. The number of nitrogens with zero attached hydrogens (tertiary/aromatic N) is 2. The smallest absolute Gasteiger partial charge is 0.295 e. The summed E-state index contributed by atoms with van der Waals surface area (Å²) in [6, 6.07) is 24.4. The van der Waals surface area contributed by atoms with Gasteiger partial charge in [0.1, 0.15) is 18.1 Å². The van der Waals surface area contributed by atoms with Gasteiger partial charge in [0, 0.05) is 24.5 Å². The van der Waals surface area contributed by atoms with Crippen molar-refractivity contribution in [2.45, 2.75) is 19.2 Å². The van der Waals surface area contributed by atoms with Crippen LogP contribution in [0.3, 0.4) is 0 Å². The predicted octanol–water partition coefficient (Wildman–Crippen LogP) is 5.30. The topological polar surface area (TPSA) is 98.2 Å². The van der Waals surface area contributed by atoms with Crippen molar-refractivity contribution in [1.82, 2.24) is 9.88 Å². The van der Waals surface area contributed by atoms with E-state index in [0.29, 0.717) is 35.0 Å². The molecule has 2 heterocycles. The molecule has 1 atom stereocenters. The molecule has 202 valence electrons. The van der Waals surface area contributed by atoms with Gasteiger partial charge < -0.3 is 24.2 Å². The van der Waals surface area contributed by atoms with Crippen molar-refractivity contribution in [3.63, 3.8) is 0 Å². The number of amides is 1. The molecule has 1 aliphatic heterocycles. The largest absolute Gasteiger partial charge is 0.507 e. The number of ketones is 1. The number of Topliss-reactive ketones (excluding diaryl/α,β-unsaturated/α-hetero) is 1. The summed E-state index contributed by atoms with van der Waals surface area (Å²) in [6.07, 6.45) is 3.25. The molecule has 0 aliphatic carbocycles. The lowest BCUT2D eigenvalue weighted by Crippen LogP contribution is -2.29. The number of hydrogen-bond acceptors (Lipinski definition) is 7. The molecule has 5 rings (SSSR count). The molecular weight excluding hydrogens is 508 g/mol. The van der Waals surface area contributed by atoms with Crippen LogP contribution < -0.4 is 14.2 Å². The molecule has 8 heteroatoms. The molecule has 3 aromatic carbocycles. The monoisotopic (exact) mass is 536 g/mol. The van der Waals surface area contributed by atoms with Gasteiger partial charge in [-0.15, -0.1) is 0 Å². The molecule has 1 unspecified atom stereocenters. The third-order valence-corrected chi connectivity index (χ3v) is 6.73. The molecule has 1 saturated heterocycles. The van der Waals surface area contributed by atoms with Crippen molar-refractivity contribution in [3.05, 3.63) is 125 Å². The van der Waals surface area contributed by atoms with E-state index in [-0.39, 0.29) is 17.9 Å². The minimum Gasteiger partial charge on any atom is -0.507 e. The maximum atomic E-state index is 13.4. The zero-order valence-corrected chi connectivity index (χ0v) is 22.1. The summed E-state index contributed by atoms with van der Waals surface area (Å²) < 4.78 is 16.9. The number of aliphatic hydroxyl groups excluding tert-OH is 1. The predicted molar refractivity (Wildman–Crippen MR) is 149 cm³/mol. The van der Waals surface area contributed by atoms with Gasteiger partial charge in [-0.05, 0) is 53.1 Å². The van der Waals surface area contributed by atoms with Crippen molar-refractivity contribution in [1.29, 1.82) is 0 Å². The fourth-order valence-electron chi connectivity index (χ4n) is 4.71. The SMILES string of the molecule is COc1cccc(/C(O)=C2\C(=O)C(=O)N(Cc3ccncc3)C2c2ccc(OCc3ccccc3)c(OC)c2)c1. The van der Waals surface area contributed by atoms with Gasteiger partial charge >= 0.3 is 0 Å². The maximum Gasteiger partial charge on any atom is 0.295 e. The molecule has 1 N–H and O–H groups in total. The minimum absolute atomic E-state index is 0.0210. The van der Waals surface area contributed by atoms with Gasteiger partial charge in [-0.1, -0.05) is 48.5 Å². The Morgan fingerprint density at radius 1 is 0.850 bits per heavy atom. The summed E-state index contributed by atoms with van der Waals surface area (Å²) in [5.41, 5.74) is 2.71. The van der Waals surface area contributed by atoms with E-state index in [1.165, 1.54) is 19.1 Å². The summed E-state index contributed by atoms with van der Waals surface area (Å²) in [5, 5.41) is 11.4. The number of likely N-dealkylation sites (tertiary alicyclic amines) is 1. The Balaban J connectivity index is 1.58. The molecule has 1 aromatic heterocycles. The summed E-state index contributed by atoms with van der Waals surface area (Å²) in [5.74, 6) is -0.327. The van der Waals surface area contributed by atoms with Crippen molar-refractivity contribution < 1.29 is 28.9 Å². The highest BCUT2D eigenvalue weighted by molar-refractivity contribution is 6.46. The Kier molecular flexibility index (Phi) is 7.77. The molecule has 0 saturated carbocycles. The van der Waals surface area contributed by atoms with E-state index < -0.39 is 17.7 Å². The van der Waals surface area contributed by atoms with Gasteiger partial charge in [0.05, 0.1) is 25.8 Å². The van der Waals surface area contributed by atoms with Crippen LogP contribution >= 0.6 is 0 Å². The third-order valence-electron chi connectivity index (χ3n) is 6.73. The lowest BCUT2D eigenvalue weighted by molar-refractivity contribution is -0.140. The van der Waals surface area contributed by atoms with Crippen LogP contribution in [0, 0.1) is 0 Å². The van der Waals surface area contributed by atoms with Crippen molar-refractivity contribution in [3.8, 4) is 17.2 Å². The van der Waals surface area contributed by atoms with Crippen LogP contribution in [0.15, 0.2) is 103 Å². The minimum atomic E-state index is -0.878. The van der Waals surface area contributed by atoms with Gasteiger partial charge in [-0.25, -0.2) is 0 Å². The molecule has 4 aromatic rings. The van der Waals surface area contributed by atoms with Crippen LogP contribution in [-0.4, -0.2) is 40.9 Å². The molecule has 0 spiro atoms. The number of carbonyl (C=O) groups is 2. The molecule has 40 heavy (non-hydrogen) atoms. The summed E-state index contributed by atoms with van der Waals surface area (Å²) in [4.78, 5) is 32.3. The molecule has 1 fully saturated rings. The normalized spacial score (nSPS) is 16.1. The lowest BCUT2D eigenvalue weighted by Gasteiger charge is -2.26. The van der Waals surface area contributed by atoms with E-state index in [1.54, 1.807) is 67.0 Å². The van der Waals surface area contributed by atoms with Gasteiger partial charge in [0.25, 0.3) is 11.7 Å². The number of carbonyl (C=O) groups excluding carboxylic acids is 2. The van der Waals surface area contributed by atoms with Gasteiger partial charge in [-0.2, -0.15) is 0 Å². The number of pyridine rings is 1. The third kappa shape index (κ3) is 5.37. The number of ether oxygens (including phenoxy) is 3. The number of hydrogen-bond donors (Lipinski definition) is 1. The average molecular weight is 537 g/mol. The second-order valence-electron chi connectivity index (χ2n) is 9.20. The highest BCUT2D eigenvalue weighted by Gasteiger charge is 2.46. The standard InChI is InChI=1S/C32H28N2O6/c1-38-25-10-6-9-24(17-25)30(35)28-29(34(32(37)31(28)36)19-21-13-15-33-16-14-21)23-11-12-26(27(18-23)39-2)40-20-22-7-4-3-5-8-22/h3-18,29,35H,19-20H2,1-2H3/b30-28+. The fourth-order valence-corrected chi connectivity index (χ4v) is 4.71. The maximum absolute atomic E-state index is 13.4. The summed E-state index contributed by atoms with van der Waals surface area (Å²) in [6.45, 7) is 0.480. The quantitative estimate of drug-likeness (QED) is 0.176. The zero-order chi connectivity index (χ0) is 28.1. The first-order valence-corrected chi connectivity index (χ1v) is 12.7. The fraction of sp³-hybridized carbons (Fsp3) is 0.156. The number of aliphatic hydroxyl groups is 1. The molecule has 0 bridgehead atoms. The van der Waals surface area contributed by atoms with E-state index >= 15 is 0 Å². The number of benzene rings is 3. The van der Waals surface area contributed by atoms with Crippen LogP contribution in [0.1, 0.15) is 28.3 Å². The van der Waals surface area contributed by atoms with Crippen molar-refractivity contribution >= 4 is 17.4 Å². The number of rotatable bonds is 9. The van der Waals surface area contributed by atoms with Crippen molar-refractivity contribution in [2.24, 2.45) is 0 Å². The second kappa shape index (κ2) is 11.7. The first-order chi connectivity index (χ1) is 19.5. The van der Waals surface area contributed by atoms with E-state index in [9.17, 15) is 14.7 Å². The second-order valence-corrected chi connectivity index (χ2v) is 9.20. The van der Waals surface area contributed by atoms with Crippen molar-refractivity contribution in [2.75, 3.05) is 14.2 Å². The van der Waals surface area contributed by atoms with E-state index in [2.05, 4.69) is 4.98 Å². The van der Waals surface area contributed by atoms with E-state index in [1.807, 2.05) is 30.3 Å². The number of aromatic nitrogens is 1. The van der Waals surface area contributed by atoms with Gasteiger partial charge in [0.15, 0.2) is 11.5 Å². The number of methoxy groups -OCH3 is 2. The first-order valence-electron chi connectivity index (χ1n) is 12.7. The Labute approximate surface area is 232 Å².